The number of halogens is 2. The average molecular weight is 516 g/mol. The van der Waals surface area contributed by atoms with Crippen molar-refractivity contribution < 1.29 is 33.0 Å². The molecule has 6 nitrogen and oxygen atoms in total. The van der Waals surface area contributed by atoms with E-state index in [1.165, 1.54) is 7.11 Å². The second kappa shape index (κ2) is 9.97. The van der Waals surface area contributed by atoms with Crippen LogP contribution in [0.25, 0.3) is 16.5 Å². The van der Waals surface area contributed by atoms with E-state index in [4.69, 9.17) is 9.47 Å². The number of nitrogens with zero attached hydrogens (tertiary/aromatic N) is 1. The standard InChI is InChI=1S/C30H23F2NO5/c1-3-38-25-15-19(10-13-24(25)37-2)27-26(28(34)20-9-8-17-6-4-5-7-18(17)14-20)29(35)30(36)33(27)23-16-21(31)11-12-22(23)32/h4-16,27,34H,3H2,1-2H3/b28-26+. The molecule has 1 aliphatic heterocycles. The second-order valence-corrected chi connectivity index (χ2v) is 8.67. The fraction of sp³-hybridized carbons (Fsp3) is 0.133. The molecule has 1 N–H and O–H groups in total. The smallest absolute Gasteiger partial charge is 0.300 e. The van der Waals surface area contributed by atoms with Gasteiger partial charge in [-0.15, -0.1) is 0 Å². The summed E-state index contributed by atoms with van der Waals surface area (Å²) >= 11 is 0. The summed E-state index contributed by atoms with van der Waals surface area (Å²) in [5, 5.41) is 13.1. The molecule has 0 radical (unpaired) electrons. The SMILES string of the molecule is CCOc1cc(C2/C(=C(\O)c3ccc4ccccc4c3)C(=O)C(=O)N2c2cc(F)ccc2F)ccc1OC. The van der Waals surface area contributed by atoms with E-state index in [-0.39, 0.29) is 5.57 Å². The molecule has 0 aliphatic carbocycles. The number of ether oxygens (including phenoxy) is 2. The Balaban J connectivity index is 1.77. The summed E-state index contributed by atoms with van der Waals surface area (Å²) in [5.41, 5.74) is -0.0607. The maximum absolute atomic E-state index is 15.0. The van der Waals surface area contributed by atoms with Crippen molar-refractivity contribution in [1.29, 1.82) is 0 Å². The molecule has 4 aromatic rings. The van der Waals surface area contributed by atoms with Crippen LogP contribution in [0.15, 0.2) is 84.4 Å². The molecule has 192 valence electrons. The number of rotatable bonds is 6. The van der Waals surface area contributed by atoms with Gasteiger partial charge in [0.05, 0.1) is 31.0 Å². The molecule has 5 rings (SSSR count). The minimum Gasteiger partial charge on any atom is -0.507 e. The Hall–Kier alpha value is -4.72. The van der Waals surface area contributed by atoms with E-state index in [2.05, 4.69) is 0 Å². The van der Waals surface area contributed by atoms with E-state index in [0.29, 0.717) is 29.2 Å². The van der Waals surface area contributed by atoms with Gasteiger partial charge in [-0.25, -0.2) is 8.78 Å². The van der Waals surface area contributed by atoms with Crippen molar-refractivity contribution in [3.63, 3.8) is 0 Å². The number of fused-ring (bicyclic) bond motifs is 1. The number of aliphatic hydroxyl groups is 1. The summed E-state index contributed by atoms with van der Waals surface area (Å²) in [6, 6.07) is 18.6. The molecule has 1 aliphatic rings. The number of aliphatic hydroxyl groups excluding tert-OH is 1. The minimum absolute atomic E-state index is 0.262. The minimum atomic E-state index is -1.28. The van der Waals surface area contributed by atoms with Crippen molar-refractivity contribution >= 4 is 33.9 Å². The van der Waals surface area contributed by atoms with Crippen LogP contribution in [0.5, 0.6) is 11.5 Å². The fourth-order valence-electron chi connectivity index (χ4n) is 4.69. The third-order valence-electron chi connectivity index (χ3n) is 6.44. The first-order chi connectivity index (χ1) is 18.3. The number of anilines is 1. The third-order valence-corrected chi connectivity index (χ3v) is 6.44. The Morgan fingerprint density at radius 3 is 2.42 bits per heavy atom. The van der Waals surface area contributed by atoms with Crippen molar-refractivity contribution in [3.8, 4) is 11.5 Å². The van der Waals surface area contributed by atoms with Crippen molar-refractivity contribution in [2.45, 2.75) is 13.0 Å². The number of hydrogen-bond acceptors (Lipinski definition) is 5. The maximum atomic E-state index is 15.0. The molecular formula is C30H23F2NO5. The van der Waals surface area contributed by atoms with Crippen LogP contribution in [0, 0.1) is 11.6 Å². The number of hydrogen-bond donors (Lipinski definition) is 1. The van der Waals surface area contributed by atoms with Crippen LogP contribution in [0.1, 0.15) is 24.1 Å². The van der Waals surface area contributed by atoms with Crippen molar-refractivity contribution in [3.05, 3.63) is 107 Å². The summed E-state index contributed by atoms with van der Waals surface area (Å²) in [6.45, 7) is 2.08. The molecule has 1 heterocycles. The summed E-state index contributed by atoms with van der Waals surface area (Å²) in [5.74, 6) is -3.53. The van der Waals surface area contributed by atoms with E-state index < -0.39 is 40.8 Å². The monoisotopic (exact) mass is 515 g/mol. The third kappa shape index (κ3) is 4.24. The van der Waals surface area contributed by atoms with Crippen LogP contribution in [-0.4, -0.2) is 30.5 Å². The normalized spacial score (nSPS) is 16.7. The Morgan fingerprint density at radius 2 is 1.68 bits per heavy atom. The van der Waals surface area contributed by atoms with E-state index >= 15 is 0 Å². The summed E-state index contributed by atoms with van der Waals surface area (Å²) < 4.78 is 40.2. The molecule has 8 heteroatoms. The zero-order valence-corrected chi connectivity index (χ0v) is 20.6. The van der Waals surface area contributed by atoms with Crippen LogP contribution in [0.2, 0.25) is 0 Å². The van der Waals surface area contributed by atoms with E-state index in [1.54, 1.807) is 43.3 Å². The molecule has 4 aromatic carbocycles. The molecule has 38 heavy (non-hydrogen) atoms. The number of benzene rings is 4. The van der Waals surface area contributed by atoms with Gasteiger partial charge in [-0.2, -0.15) is 0 Å². The van der Waals surface area contributed by atoms with Gasteiger partial charge in [0.1, 0.15) is 17.4 Å². The lowest BCUT2D eigenvalue weighted by molar-refractivity contribution is -0.132. The van der Waals surface area contributed by atoms with Gasteiger partial charge < -0.3 is 14.6 Å². The molecule has 1 fully saturated rings. The molecule has 1 amide bonds. The molecular weight excluding hydrogens is 492 g/mol. The fourth-order valence-corrected chi connectivity index (χ4v) is 4.69. The van der Waals surface area contributed by atoms with Crippen LogP contribution >= 0.6 is 0 Å². The molecule has 0 aromatic heterocycles. The van der Waals surface area contributed by atoms with Gasteiger partial charge in [0.25, 0.3) is 11.7 Å². The van der Waals surface area contributed by atoms with Gasteiger partial charge in [-0.3, -0.25) is 14.5 Å². The predicted octanol–water partition coefficient (Wildman–Crippen LogP) is 6.15. The maximum Gasteiger partial charge on any atom is 0.300 e. The molecule has 0 saturated carbocycles. The number of ketones is 1. The highest BCUT2D eigenvalue weighted by atomic mass is 19.1. The van der Waals surface area contributed by atoms with Gasteiger partial charge in [-0.05, 0) is 53.6 Å². The molecule has 0 spiro atoms. The van der Waals surface area contributed by atoms with Gasteiger partial charge in [0, 0.05) is 11.6 Å². The first-order valence-corrected chi connectivity index (χ1v) is 11.9. The highest BCUT2D eigenvalue weighted by Crippen LogP contribution is 2.45. The van der Waals surface area contributed by atoms with Crippen LogP contribution < -0.4 is 14.4 Å². The lowest BCUT2D eigenvalue weighted by Gasteiger charge is -2.26. The Morgan fingerprint density at radius 1 is 0.921 bits per heavy atom. The molecule has 1 saturated heterocycles. The Bertz CT molecular complexity index is 1610. The van der Waals surface area contributed by atoms with Gasteiger partial charge >= 0.3 is 0 Å². The molecule has 1 unspecified atom stereocenters. The number of Topliss-reactive ketones (excluding diaryl/α,β-unsaturated/α-hetero) is 1. The summed E-state index contributed by atoms with van der Waals surface area (Å²) in [7, 11) is 1.46. The Kier molecular flexibility index (Phi) is 6.55. The second-order valence-electron chi connectivity index (χ2n) is 8.67. The first-order valence-electron chi connectivity index (χ1n) is 11.9. The first kappa shape index (κ1) is 25.0. The zero-order valence-electron chi connectivity index (χ0n) is 20.6. The lowest BCUT2D eigenvalue weighted by Crippen LogP contribution is -2.30. The quantitative estimate of drug-likeness (QED) is 0.189. The highest BCUT2D eigenvalue weighted by molar-refractivity contribution is 6.51. The van der Waals surface area contributed by atoms with E-state index in [9.17, 15) is 23.5 Å². The Labute approximate surface area is 217 Å². The van der Waals surface area contributed by atoms with Crippen molar-refractivity contribution in [1.82, 2.24) is 0 Å². The average Bonchev–Trinajstić information content (AvgIpc) is 3.19. The van der Waals surface area contributed by atoms with Crippen molar-refractivity contribution in [2.24, 2.45) is 0 Å². The van der Waals surface area contributed by atoms with Crippen LogP contribution in [0.3, 0.4) is 0 Å². The van der Waals surface area contributed by atoms with E-state index in [0.717, 1.165) is 33.9 Å². The number of amides is 1. The molecule has 1 atom stereocenters. The van der Waals surface area contributed by atoms with Crippen molar-refractivity contribution in [2.75, 3.05) is 18.6 Å². The van der Waals surface area contributed by atoms with Crippen LogP contribution in [0.4, 0.5) is 14.5 Å². The summed E-state index contributed by atoms with van der Waals surface area (Å²) in [4.78, 5) is 27.6. The predicted molar refractivity (Wildman–Crippen MR) is 139 cm³/mol. The highest BCUT2D eigenvalue weighted by Gasteiger charge is 2.48. The number of carbonyl (C=O) groups is 2. The lowest BCUT2D eigenvalue weighted by atomic mass is 9.94. The summed E-state index contributed by atoms with van der Waals surface area (Å²) in [6.07, 6.45) is 0. The van der Waals surface area contributed by atoms with Gasteiger partial charge in [0.2, 0.25) is 0 Å². The molecule has 0 bridgehead atoms. The van der Waals surface area contributed by atoms with E-state index in [1.807, 2.05) is 24.3 Å². The number of methoxy groups -OCH3 is 1. The zero-order chi connectivity index (χ0) is 27.0. The number of carbonyl (C=O) groups excluding carboxylic acids is 2. The largest absolute Gasteiger partial charge is 0.507 e. The van der Waals surface area contributed by atoms with Gasteiger partial charge in [-0.1, -0.05) is 42.5 Å². The topological polar surface area (TPSA) is 76.1 Å². The van der Waals surface area contributed by atoms with Crippen LogP contribution in [-0.2, 0) is 9.59 Å². The van der Waals surface area contributed by atoms with Gasteiger partial charge in [0.15, 0.2) is 11.5 Å².